The first kappa shape index (κ1) is 21.7. The third-order valence-electron chi connectivity index (χ3n) is 6.60. The van der Waals surface area contributed by atoms with Gasteiger partial charge in [-0.05, 0) is 34.9 Å². The highest BCUT2D eigenvalue weighted by Crippen LogP contribution is 2.42. The molecule has 0 saturated heterocycles. The molecular formula is C31H24N4O. The van der Waals surface area contributed by atoms with Crippen molar-refractivity contribution >= 4 is 11.0 Å². The van der Waals surface area contributed by atoms with Gasteiger partial charge in [0.15, 0.2) is 0 Å². The molecule has 6 rings (SSSR count). The van der Waals surface area contributed by atoms with E-state index in [-0.39, 0.29) is 0 Å². The van der Waals surface area contributed by atoms with Crippen LogP contribution in [0.25, 0.3) is 22.3 Å². The Morgan fingerprint density at radius 1 is 0.667 bits per heavy atom. The van der Waals surface area contributed by atoms with E-state index in [1.54, 1.807) is 13.3 Å². The molecule has 0 aliphatic rings. The van der Waals surface area contributed by atoms with E-state index in [0.29, 0.717) is 6.01 Å². The zero-order chi connectivity index (χ0) is 24.4. The summed E-state index contributed by atoms with van der Waals surface area (Å²) in [4.78, 5) is 13.5. The molecule has 174 valence electrons. The van der Waals surface area contributed by atoms with Crippen LogP contribution in [0, 0.1) is 0 Å². The van der Waals surface area contributed by atoms with E-state index >= 15 is 0 Å². The van der Waals surface area contributed by atoms with Crippen molar-refractivity contribution in [3.63, 3.8) is 0 Å². The monoisotopic (exact) mass is 468 g/mol. The molecule has 0 unspecified atom stereocenters. The second kappa shape index (κ2) is 9.12. The van der Waals surface area contributed by atoms with Crippen molar-refractivity contribution in [2.24, 2.45) is 0 Å². The predicted octanol–water partition coefficient (Wildman–Crippen LogP) is 6.34. The van der Waals surface area contributed by atoms with Crippen LogP contribution in [0.3, 0.4) is 0 Å². The van der Waals surface area contributed by atoms with Gasteiger partial charge in [0.2, 0.25) is 0 Å². The van der Waals surface area contributed by atoms with Gasteiger partial charge in [-0.25, -0.2) is 9.97 Å². The molecule has 2 aromatic heterocycles. The first-order valence-electron chi connectivity index (χ1n) is 11.8. The lowest BCUT2D eigenvalue weighted by Crippen LogP contribution is -2.37. The lowest BCUT2D eigenvalue weighted by Gasteiger charge is -2.38. The Hall–Kier alpha value is -4.77. The summed E-state index contributed by atoms with van der Waals surface area (Å²) in [6.07, 6.45) is 3.65. The maximum Gasteiger partial charge on any atom is 0.316 e. The summed E-state index contributed by atoms with van der Waals surface area (Å²) in [5.41, 5.74) is 6.52. The Balaban J connectivity index is 1.63. The number of hydrogen-bond acceptors (Lipinski definition) is 4. The number of rotatable bonds is 6. The van der Waals surface area contributed by atoms with Gasteiger partial charge in [0.05, 0.1) is 30.2 Å². The van der Waals surface area contributed by atoms with Crippen molar-refractivity contribution in [1.82, 2.24) is 19.5 Å². The van der Waals surface area contributed by atoms with E-state index in [0.717, 1.165) is 39.0 Å². The van der Waals surface area contributed by atoms with Gasteiger partial charge in [0, 0.05) is 11.8 Å². The molecule has 0 amide bonds. The number of fused-ring (bicyclic) bond motifs is 1. The summed E-state index contributed by atoms with van der Waals surface area (Å²) in [7, 11) is 1.57. The highest BCUT2D eigenvalue weighted by atomic mass is 16.5. The molecular weight excluding hydrogens is 444 g/mol. The Labute approximate surface area is 209 Å². The Morgan fingerprint density at radius 2 is 1.25 bits per heavy atom. The molecule has 0 atom stereocenters. The molecule has 2 heterocycles. The summed E-state index contributed by atoms with van der Waals surface area (Å²) < 4.78 is 7.50. The Bertz CT molecular complexity index is 1520. The minimum Gasteiger partial charge on any atom is -0.467 e. The van der Waals surface area contributed by atoms with Gasteiger partial charge >= 0.3 is 6.01 Å². The molecule has 0 radical (unpaired) electrons. The summed E-state index contributed by atoms with van der Waals surface area (Å²) in [5, 5.41) is 0. The SMILES string of the molecule is COc1nccc(-c2ccc3c(c2)ncn3C(c2ccccc2)(c2ccccc2)c2ccccc2)n1. The molecule has 0 saturated carbocycles. The fourth-order valence-corrected chi connectivity index (χ4v) is 4.99. The Kier molecular flexibility index (Phi) is 5.51. The topological polar surface area (TPSA) is 52.8 Å². The quantitative estimate of drug-likeness (QED) is 0.268. The van der Waals surface area contributed by atoms with Crippen molar-refractivity contribution < 1.29 is 4.74 Å². The summed E-state index contributed by atoms with van der Waals surface area (Å²) >= 11 is 0. The van der Waals surface area contributed by atoms with Gasteiger partial charge in [-0.2, -0.15) is 4.98 Å². The second-order valence-electron chi connectivity index (χ2n) is 8.56. The average Bonchev–Trinajstić information content (AvgIpc) is 3.39. The van der Waals surface area contributed by atoms with Crippen LogP contribution in [0.2, 0.25) is 0 Å². The fourth-order valence-electron chi connectivity index (χ4n) is 4.99. The molecule has 0 aliphatic heterocycles. The van der Waals surface area contributed by atoms with Crippen LogP contribution in [0.4, 0.5) is 0 Å². The lowest BCUT2D eigenvalue weighted by molar-refractivity contribution is 0.380. The number of benzene rings is 4. The second-order valence-corrected chi connectivity index (χ2v) is 8.56. The van der Waals surface area contributed by atoms with Crippen molar-refractivity contribution in [3.8, 4) is 17.3 Å². The van der Waals surface area contributed by atoms with E-state index in [9.17, 15) is 0 Å². The highest BCUT2D eigenvalue weighted by Gasteiger charge is 2.39. The minimum absolute atomic E-state index is 0.342. The fraction of sp³-hybridized carbons (Fsp3) is 0.0645. The average molecular weight is 469 g/mol. The highest BCUT2D eigenvalue weighted by molar-refractivity contribution is 5.82. The van der Waals surface area contributed by atoms with E-state index in [2.05, 4.69) is 124 Å². The van der Waals surface area contributed by atoms with Crippen molar-refractivity contribution in [2.75, 3.05) is 7.11 Å². The van der Waals surface area contributed by atoms with Crippen molar-refractivity contribution in [2.45, 2.75) is 5.54 Å². The third-order valence-corrected chi connectivity index (χ3v) is 6.60. The first-order chi connectivity index (χ1) is 17.8. The first-order valence-corrected chi connectivity index (χ1v) is 11.8. The predicted molar refractivity (Wildman–Crippen MR) is 142 cm³/mol. The van der Waals surface area contributed by atoms with Crippen molar-refractivity contribution in [1.29, 1.82) is 0 Å². The zero-order valence-corrected chi connectivity index (χ0v) is 19.8. The molecule has 0 spiro atoms. The smallest absolute Gasteiger partial charge is 0.316 e. The molecule has 0 N–H and O–H groups in total. The molecule has 0 aliphatic carbocycles. The molecule has 36 heavy (non-hydrogen) atoms. The van der Waals surface area contributed by atoms with E-state index in [4.69, 9.17) is 9.72 Å². The van der Waals surface area contributed by atoms with Gasteiger partial charge in [-0.3, -0.25) is 0 Å². The zero-order valence-electron chi connectivity index (χ0n) is 19.8. The minimum atomic E-state index is -0.613. The molecule has 0 fully saturated rings. The number of aromatic nitrogens is 4. The maximum atomic E-state index is 5.22. The van der Waals surface area contributed by atoms with Gasteiger partial charge in [0.1, 0.15) is 5.54 Å². The van der Waals surface area contributed by atoms with Crippen LogP contribution < -0.4 is 4.74 Å². The number of imidazole rings is 1. The van der Waals surface area contributed by atoms with E-state index < -0.39 is 5.54 Å². The van der Waals surface area contributed by atoms with E-state index in [1.807, 2.05) is 12.4 Å². The number of hydrogen-bond donors (Lipinski definition) is 0. The molecule has 5 heteroatoms. The Morgan fingerprint density at radius 3 is 1.81 bits per heavy atom. The van der Waals surface area contributed by atoms with Crippen LogP contribution >= 0.6 is 0 Å². The van der Waals surface area contributed by atoms with Crippen LogP contribution in [0.5, 0.6) is 6.01 Å². The van der Waals surface area contributed by atoms with Gasteiger partial charge in [0.25, 0.3) is 0 Å². The number of nitrogens with zero attached hydrogens (tertiary/aromatic N) is 4. The van der Waals surface area contributed by atoms with Crippen LogP contribution in [0.15, 0.2) is 128 Å². The summed E-state index contributed by atoms with van der Waals surface area (Å²) in [6, 6.07) is 40.3. The standard InChI is InChI=1S/C31H24N4O/c1-36-30-32-20-19-27(34-30)23-17-18-29-28(21-23)33-22-35(29)31(24-11-5-2-6-12-24,25-13-7-3-8-14-25)26-15-9-4-10-16-26/h2-22H,1H3. The summed E-state index contributed by atoms with van der Waals surface area (Å²) in [6.45, 7) is 0. The maximum absolute atomic E-state index is 5.22. The lowest BCUT2D eigenvalue weighted by atomic mass is 9.76. The number of ether oxygens (including phenoxy) is 1. The summed E-state index contributed by atoms with van der Waals surface area (Å²) in [5.74, 6) is 0. The van der Waals surface area contributed by atoms with Gasteiger partial charge in [-0.1, -0.05) is 97.1 Å². The van der Waals surface area contributed by atoms with Gasteiger partial charge in [-0.15, -0.1) is 0 Å². The normalized spacial score (nSPS) is 11.5. The molecule has 5 nitrogen and oxygen atoms in total. The molecule has 6 aromatic rings. The van der Waals surface area contributed by atoms with Crippen LogP contribution in [-0.4, -0.2) is 26.6 Å². The largest absolute Gasteiger partial charge is 0.467 e. The number of methoxy groups -OCH3 is 1. The molecule has 4 aromatic carbocycles. The molecule has 0 bridgehead atoms. The van der Waals surface area contributed by atoms with Crippen molar-refractivity contribution in [3.05, 3.63) is 144 Å². The van der Waals surface area contributed by atoms with Crippen LogP contribution in [-0.2, 0) is 5.54 Å². The van der Waals surface area contributed by atoms with E-state index in [1.165, 1.54) is 0 Å². The van der Waals surface area contributed by atoms with Gasteiger partial charge < -0.3 is 9.30 Å². The van der Waals surface area contributed by atoms with Crippen LogP contribution in [0.1, 0.15) is 16.7 Å². The third kappa shape index (κ3) is 3.53.